The number of benzene rings is 2. The number of halogens is 1. The number of amides is 1. The number of hydrogen-bond donors (Lipinski definition) is 1. The molecule has 0 aliphatic heterocycles. The van der Waals surface area contributed by atoms with Crippen LogP contribution in [0.4, 0.5) is 10.1 Å². The van der Waals surface area contributed by atoms with Gasteiger partial charge in [-0.05, 0) is 42.3 Å². The van der Waals surface area contributed by atoms with Crippen molar-refractivity contribution < 1.29 is 18.7 Å². The summed E-state index contributed by atoms with van der Waals surface area (Å²) in [7, 11) is 0. The lowest BCUT2D eigenvalue weighted by Crippen LogP contribution is -2.15. The average molecular weight is 315 g/mol. The second kappa shape index (κ2) is 8.08. The quantitative estimate of drug-likeness (QED) is 0.829. The maximum absolute atomic E-state index is 12.8. The summed E-state index contributed by atoms with van der Waals surface area (Å²) in [4.78, 5) is 23.8. The van der Waals surface area contributed by atoms with Crippen LogP contribution in [0.15, 0.2) is 48.5 Å². The number of esters is 1. The van der Waals surface area contributed by atoms with Gasteiger partial charge in [-0.15, -0.1) is 0 Å². The highest BCUT2D eigenvalue weighted by Gasteiger charge is 2.09. The molecule has 0 radical (unpaired) electrons. The summed E-state index contributed by atoms with van der Waals surface area (Å²) in [5, 5.41) is 2.72. The SMILES string of the molecule is CCCOC(=O)c1cccc(NC(=O)Cc2ccc(F)cc2)c1. The first-order chi connectivity index (χ1) is 11.1. The van der Waals surface area contributed by atoms with Gasteiger partial charge in [0.25, 0.3) is 0 Å². The zero-order chi connectivity index (χ0) is 16.7. The van der Waals surface area contributed by atoms with Crippen LogP contribution in [0, 0.1) is 5.82 Å². The van der Waals surface area contributed by atoms with Crippen molar-refractivity contribution in [1.82, 2.24) is 0 Å². The minimum atomic E-state index is -0.415. The van der Waals surface area contributed by atoms with Crippen molar-refractivity contribution in [1.29, 1.82) is 0 Å². The Bertz CT molecular complexity index is 683. The van der Waals surface area contributed by atoms with E-state index in [2.05, 4.69) is 5.32 Å². The molecule has 4 nitrogen and oxygen atoms in total. The Balaban J connectivity index is 1.98. The maximum Gasteiger partial charge on any atom is 0.338 e. The Morgan fingerprint density at radius 2 is 1.87 bits per heavy atom. The van der Waals surface area contributed by atoms with E-state index in [1.165, 1.54) is 12.1 Å². The van der Waals surface area contributed by atoms with E-state index in [1.54, 1.807) is 36.4 Å². The van der Waals surface area contributed by atoms with Gasteiger partial charge in [-0.2, -0.15) is 0 Å². The molecule has 0 heterocycles. The van der Waals surface area contributed by atoms with E-state index in [9.17, 15) is 14.0 Å². The van der Waals surface area contributed by atoms with E-state index >= 15 is 0 Å². The Morgan fingerprint density at radius 3 is 2.57 bits per heavy atom. The zero-order valence-corrected chi connectivity index (χ0v) is 12.8. The number of nitrogens with one attached hydrogen (secondary N) is 1. The van der Waals surface area contributed by atoms with Gasteiger partial charge in [0.2, 0.25) is 5.91 Å². The minimum Gasteiger partial charge on any atom is -0.462 e. The van der Waals surface area contributed by atoms with Gasteiger partial charge in [-0.1, -0.05) is 25.1 Å². The molecule has 0 saturated carbocycles. The number of rotatable bonds is 6. The van der Waals surface area contributed by atoms with E-state index in [4.69, 9.17) is 4.74 Å². The van der Waals surface area contributed by atoms with E-state index in [0.29, 0.717) is 23.4 Å². The molecule has 2 aromatic rings. The van der Waals surface area contributed by atoms with Crippen molar-refractivity contribution in [2.45, 2.75) is 19.8 Å². The third-order valence-corrected chi connectivity index (χ3v) is 3.10. The molecule has 0 aromatic heterocycles. The van der Waals surface area contributed by atoms with Crippen LogP contribution in [0.1, 0.15) is 29.3 Å². The van der Waals surface area contributed by atoms with Crippen molar-refractivity contribution >= 4 is 17.6 Å². The second-order valence-corrected chi connectivity index (χ2v) is 5.07. The van der Waals surface area contributed by atoms with Crippen molar-refractivity contribution in [2.75, 3.05) is 11.9 Å². The van der Waals surface area contributed by atoms with Crippen LogP contribution in [0.3, 0.4) is 0 Å². The first-order valence-electron chi connectivity index (χ1n) is 7.40. The molecule has 2 aromatic carbocycles. The monoisotopic (exact) mass is 315 g/mol. The number of carbonyl (C=O) groups is 2. The highest BCUT2D eigenvalue weighted by Crippen LogP contribution is 2.13. The van der Waals surface area contributed by atoms with E-state index in [0.717, 1.165) is 6.42 Å². The first-order valence-corrected chi connectivity index (χ1v) is 7.40. The number of hydrogen-bond acceptors (Lipinski definition) is 3. The fourth-order valence-corrected chi connectivity index (χ4v) is 1.99. The summed E-state index contributed by atoms with van der Waals surface area (Å²) in [6, 6.07) is 12.3. The molecule has 0 atom stereocenters. The van der Waals surface area contributed by atoms with Crippen molar-refractivity contribution in [3.05, 3.63) is 65.5 Å². The van der Waals surface area contributed by atoms with Gasteiger partial charge >= 0.3 is 5.97 Å². The molecule has 1 amide bonds. The molecular weight excluding hydrogens is 297 g/mol. The molecule has 120 valence electrons. The Kier molecular flexibility index (Phi) is 5.86. The van der Waals surface area contributed by atoms with Gasteiger partial charge in [0.15, 0.2) is 0 Å². The van der Waals surface area contributed by atoms with E-state index in [1.807, 2.05) is 6.92 Å². The second-order valence-electron chi connectivity index (χ2n) is 5.07. The van der Waals surface area contributed by atoms with Crippen LogP contribution >= 0.6 is 0 Å². The molecule has 0 spiro atoms. The van der Waals surface area contributed by atoms with Crippen LogP contribution in [0.2, 0.25) is 0 Å². The van der Waals surface area contributed by atoms with Crippen LogP contribution in [0.5, 0.6) is 0 Å². The molecule has 2 rings (SSSR count). The molecule has 1 N–H and O–H groups in total. The smallest absolute Gasteiger partial charge is 0.338 e. The summed E-state index contributed by atoms with van der Waals surface area (Å²) in [5.74, 6) is -0.996. The highest BCUT2D eigenvalue weighted by atomic mass is 19.1. The fourth-order valence-electron chi connectivity index (χ4n) is 1.99. The lowest BCUT2D eigenvalue weighted by atomic mass is 10.1. The lowest BCUT2D eigenvalue weighted by molar-refractivity contribution is -0.115. The normalized spacial score (nSPS) is 10.2. The summed E-state index contributed by atoms with van der Waals surface area (Å²) in [6.45, 7) is 2.28. The molecule has 0 aliphatic rings. The van der Waals surface area contributed by atoms with Gasteiger partial charge < -0.3 is 10.1 Å². The summed E-state index contributed by atoms with van der Waals surface area (Å²) in [6.07, 6.45) is 0.880. The van der Waals surface area contributed by atoms with Crippen LogP contribution in [-0.2, 0) is 16.0 Å². The van der Waals surface area contributed by atoms with Crippen LogP contribution in [-0.4, -0.2) is 18.5 Å². The maximum atomic E-state index is 12.8. The van der Waals surface area contributed by atoms with Crippen molar-refractivity contribution in [2.24, 2.45) is 0 Å². The summed E-state index contributed by atoms with van der Waals surface area (Å²) < 4.78 is 17.9. The number of anilines is 1. The van der Waals surface area contributed by atoms with Gasteiger partial charge in [0, 0.05) is 5.69 Å². The van der Waals surface area contributed by atoms with E-state index in [-0.39, 0.29) is 18.1 Å². The topological polar surface area (TPSA) is 55.4 Å². The minimum absolute atomic E-state index is 0.130. The fraction of sp³-hybridized carbons (Fsp3) is 0.222. The van der Waals surface area contributed by atoms with Gasteiger partial charge in [0.1, 0.15) is 5.82 Å². The predicted octanol–water partition coefficient (Wildman–Crippen LogP) is 3.57. The molecule has 0 saturated heterocycles. The highest BCUT2D eigenvalue weighted by molar-refractivity contribution is 5.95. The number of ether oxygens (including phenoxy) is 1. The molecule has 0 aliphatic carbocycles. The third kappa shape index (κ3) is 5.21. The van der Waals surface area contributed by atoms with Crippen LogP contribution < -0.4 is 5.32 Å². The lowest BCUT2D eigenvalue weighted by Gasteiger charge is -2.08. The third-order valence-electron chi connectivity index (χ3n) is 3.10. The molecule has 0 bridgehead atoms. The largest absolute Gasteiger partial charge is 0.462 e. The summed E-state index contributed by atoms with van der Waals surface area (Å²) in [5.41, 5.74) is 1.61. The molecule has 5 heteroatoms. The Labute approximate surface area is 134 Å². The zero-order valence-electron chi connectivity index (χ0n) is 12.8. The molecule has 23 heavy (non-hydrogen) atoms. The summed E-state index contributed by atoms with van der Waals surface area (Å²) >= 11 is 0. The van der Waals surface area contributed by atoms with E-state index < -0.39 is 5.97 Å². The van der Waals surface area contributed by atoms with Crippen molar-refractivity contribution in [3.63, 3.8) is 0 Å². The number of carbonyl (C=O) groups excluding carboxylic acids is 2. The molecular formula is C18H18FNO3. The van der Waals surface area contributed by atoms with Gasteiger partial charge in [0.05, 0.1) is 18.6 Å². The van der Waals surface area contributed by atoms with Gasteiger partial charge in [-0.25, -0.2) is 9.18 Å². The Morgan fingerprint density at radius 1 is 1.13 bits per heavy atom. The average Bonchev–Trinajstić information content (AvgIpc) is 2.55. The molecule has 0 fully saturated rings. The first kappa shape index (κ1) is 16.7. The standard InChI is InChI=1S/C18H18FNO3/c1-2-10-23-18(22)14-4-3-5-16(12-14)20-17(21)11-13-6-8-15(19)9-7-13/h3-9,12H,2,10-11H2,1H3,(H,20,21). The molecule has 0 unspecified atom stereocenters. The van der Waals surface area contributed by atoms with Gasteiger partial charge in [-0.3, -0.25) is 4.79 Å². The van der Waals surface area contributed by atoms with Crippen molar-refractivity contribution in [3.8, 4) is 0 Å². The predicted molar refractivity (Wildman–Crippen MR) is 85.7 cm³/mol. The Hall–Kier alpha value is -2.69. The van der Waals surface area contributed by atoms with Crippen LogP contribution in [0.25, 0.3) is 0 Å².